The van der Waals surface area contributed by atoms with Crippen molar-refractivity contribution in [2.75, 3.05) is 50.1 Å². The fraction of sp³-hybridized carbons (Fsp3) is 0.351. The van der Waals surface area contributed by atoms with Crippen LogP contribution in [0.3, 0.4) is 0 Å². The van der Waals surface area contributed by atoms with Crippen LogP contribution in [0.5, 0.6) is 0 Å². The first-order valence-corrected chi connectivity index (χ1v) is 16.5. The van der Waals surface area contributed by atoms with E-state index in [0.29, 0.717) is 18.5 Å². The first-order valence-electron chi connectivity index (χ1n) is 16.5. The number of carbonyl (C=O) groups excluding carboxylic acids is 2. The lowest BCUT2D eigenvalue weighted by Crippen LogP contribution is -2.50. The summed E-state index contributed by atoms with van der Waals surface area (Å²) in [7, 11) is 1.30. The van der Waals surface area contributed by atoms with E-state index in [-0.39, 0.29) is 18.8 Å². The molecule has 4 aromatic rings. The highest BCUT2D eigenvalue weighted by molar-refractivity contribution is 5.92. The Hall–Kier alpha value is -4.88. The number of ether oxygens (including phenoxy) is 3. The molecule has 3 aromatic carbocycles. The number of aliphatic hydroxyl groups excluding tert-OH is 1. The van der Waals surface area contributed by atoms with Gasteiger partial charge in [0.05, 0.1) is 25.9 Å². The minimum absolute atomic E-state index is 0.0276. The quantitative estimate of drug-likeness (QED) is 0.199. The third-order valence-corrected chi connectivity index (χ3v) is 8.77. The molecule has 2 saturated heterocycles. The summed E-state index contributed by atoms with van der Waals surface area (Å²) >= 11 is 0. The molecule has 2 aliphatic rings. The number of nitrogens with zero attached hydrogens (tertiary/aromatic N) is 4. The van der Waals surface area contributed by atoms with Gasteiger partial charge in [-0.3, -0.25) is 4.90 Å². The Bertz CT molecular complexity index is 1650. The molecule has 0 aliphatic carbocycles. The van der Waals surface area contributed by atoms with Crippen LogP contribution >= 0.6 is 0 Å². The van der Waals surface area contributed by atoms with Crippen LogP contribution in [-0.2, 0) is 32.0 Å². The van der Waals surface area contributed by atoms with E-state index in [1.54, 1.807) is 18.5 Å². The molecule has 4 atom stereocenters. The maximum Gasteiger partial charge on any atom is 0.328 e. The van der Waals surface area contributed by atoms with Crippen molar-refractivity contribution in [1.82, 2.24) is 20.2 Å². The number of urea groups is 1. The molecule has 0 unspecified atom stereocenters. The molecule has 0 spiro atoms. The summed E-state index contributed by atoms with van der Waals surface area (Å²) in [5, 5.41) is 15.2. The van der Waals surface area contributed by atoms with Crippen molar-refractivity contribution < 1.29 is 28.9 Å². The van der Waals surface area contributed by atoms with Gasteiger partial charge in [0.2, 0.25) is 5.95 Å². The predicted octanol–water partition coefficient (Wildman–Crippen LogP) is 4.24. The minimum Gasteiger partial charge on any atom is -0.467 e. The average molecular weight is 667 g/mol. The number of rotatable bonds is 11. The predicted molar refractivity (Wildman–Crippen MR) is 184 cm³/mol. The van der Waals surface area contributed by atoms with Gasteiger partial charge >= 0.3 is 12.0 Å². The number of anilines is 2. The highest BCUT2D eigenvalue weighted by atomic mass is 16.7. The monoisotopic (exact) mass is 666 g/mol. The maximum atomic E-state index is 13.1. The van der Waals surface area contributed by atoms with E-state index in [1.165, 1.54) is 7.11 Å². The largest absolute Gasteiger partial charge is 0.467 e. The summed E-state index contributed by atoms with van der Waals surface area (Å²) in [5.41, 5.74) is 4.01. The second-order valence-electron chi connectivity index (χ2n) is 12.2. The molecule has 2 amide bonds. The lowest BCUT2D eigenvalue weighted by molar-refractivity contribution is -0.253. The zero-order valence-corrected chi connectivity index (χ0v) is 27.5. The number of amides is 2. The van der Waals surface area contributed by atoms with Crippen molar-refractivity contribution in [3.8, 4) is 0 Å². The number of benzene rings is 3. The van der Waals surface area contributed by atoms with Crippen molar-refractivity contribution in [1.29, 1.82) is 0 Å². The van der Waals surface area contributed by atoms with Crippen LogP contribution in [0, 0.1) is 0 Å². The van der Waals surface area contributed by atoms with E-state index in [4.69, 9.17) is 14.2 Å². The van der Waals surface area contributed by atoms with Gasteiger partial charge in [0.15, 0.2) is 6.29 Å². The molecule has 0 radical (unpaired) electrons. The Morgan fingerprint density at radius 3 is 2.37 bits per heavy atom. The van der Waals surface area contributed by atoms with E-state index in [0.717, 1.165) is 60.9 Å². The van der Waals surface area contributed by atoms with E-state index in [2.05, 4.69) is 30.4 Å². The molecule has 0 bridgehead atoms. The van der Waals surface area contributed by atoms with Crippen LogP contribution in [0.2, 0.25) is 0 Å². The zero-order chi connectivity index (χ0) is 34.0. The molecule has 1 aromatic heterocycles. The molecular formula is C37H42N6O6. The smallest absolute Gasteiger partial charge is 0.328 e. The van der Waals surface area contributed by atoms with Crippen LogP contribution in [0.1, 0.15) is 41.1 Å². The van der Waals surface area contributed by atoms with Crippen molar-refractivity contribution in [3.63, 3.8) is 0 Å². The fourth-order valence-corrected chi connectivity index (χ4v) is 6.18. The van der Waals surface area contributed by atoms with Crippen LogP contribution in [0.25, 0.3) is 0 Å². The molecule has 12 nitrogen and oxygen atoms in total. The highest BCUT2D eigenvalue weighted by Gasteiger charge is 2.34. The molecule has 3 heterocycles. The summed E-state index contributed by atoms with van der Waals surface area (Å²) in [4.78, 5) is 38.9. The highest BCUT2D eigenvalue weighted by Crippen LogP contribution is 2.38. The minimum atomic E-state index is -0.860. The van der Waals surface area contributed by atoms with Gasteiger partial charge in [-0.15, -0.1) is 0 Å². The molecule has 2 aliphatic heterocycles. The third kappa shape index (κ3) is 9.18. The van der Waals surface area contributed by atoms with Crippen LogP contribution in [0.4, 0.5) is 16.4 Å². The van der Waals surface area contributed by atoms with Crippen molar-refractivity contribution >= 4 is 23.6 Å². The third-order valence-electron chi connectivity index (χ3n) is 8.77. The van der Waals surface area contributed by atoms with E-state index < -0.39 is 24.3 Å². The standard InChI is InChI=1S/C37H42N6O6/c1-47-34(45)32(21-26-7-3-2-4-8-26)41-37(46)40-30-10-5-9-29(22-30)35-48-31(23-33(49-35)28-13-11-27(25-44)12-14-28)24-42-17-19-43(20-18-42)36-38-15-6-16-39-36/h2-16,22,31-33,35,44H,17-21,23-25H2,1H3,(H2,40,41,46)/t31-,32+,33+,35+/m1/s1. The Labute approximate surface area is 286 Å². The van der Waals surface area contributed by atoms with E-state index >= 15 is 0 Å². The van der Waals surface area contributed by atoms with Gasteiger partial charge in [0.25, 0.3) is 0 Å². The summed E-state index contributed by atoms with van der Waals surface area (Å²) < 4.78 is 18.1. The van der Waals surface area contributed by atoms with Crippen molar-refractivity contribution in [3.05, 3.63) is 120 Å². The first-order chi connectivity index (χ1) is 24.0. The van der Waals surface area contributed by atoms with Gasteiger partial charge in [-0.25, -0.2) is 19.6 Å². The topological polar surface area (TPSA) is 138 Å². The fourth-order valence-electron chi connectivity index (χ4n) is 6.18. The van der Waals surface area contributed by atoms with Gasteiger partial charge in [0, 0.05) is 69.2 Å². The van der Waals surface area contributed by atoms with Gasteiger partial charge in [0.1, 0.15) is 6.04 Å². The average Bonchev–Trinajstić information content (AvgIpc) is 3.15. The first kappa shape index (κ1) is 34.0. The Morgan fingerprint density at radius 1 is 0.898 bits per heavy atom. The SMILES string of the molecule is COC(=O)[C@H](Cc1ccccc1)NC(=O)Nc1cccc([C@H]2O[C@@H](CN3CCN(c4ncccn4)CC3)C[C@@H](c3ccc(CO)cc3)O2)c1. The zero-order valence-electron chi connectivity index (χ0n) is 27.5. The molecule has 2 fully saturated rings. The van der Waals surface area contributed by atoms with E-state index in [9.17, 15) is 14.7 Å². The summed E-state index contributed by atoms with van der Waals surface area (Å²) in [6.07, 6.45) is 3.43. The van der Waals surface area contributed by atoms with Crippen molar-refractivity contribution in [2.45, 2.75) is 44.0 Å². The second kappa shape index (κ2) is 16.5. The van der Waals surface area contributed by atoms with Crippen LogP contribution in [-0.4, -0.2) is 84.0 Å². The number of hydrogen-bond acceptors (Lipinski definition) is 10. The lowest BCUT2D eigenvalue weighted by Gasteiger charge is -2.40. The number of piperazine rings is 1. The Morgan fingerprint density at radius 2 is 1.65 bits per heavy atom. The summed E-state index contributed by atoms with van der Waals surface area (Å²) in [6.45, 7) is 4.04. The molecule has 3 N–H and O–H groups in total. The molecule has 12 heteroatoms. The Balaban J connectivity index is 1.13. The molecule has 49 heavy (non-hydrogen) atoms. The normalized spacial score (nSPS) is 20.3. The maximum absolute atomic E-state index is 13.1. The Kier molecular flexibility index (Phi) is 11.4. The number of aromatic nitrogens is 2. The van der Waals surface area contributed by atoms with E-state index in [1.807, 2.05) is 78.9 Å². The van der Waals surface area contributed by atoms with Gasteiger partial charge < -0.3 is 34.9 Å². The molecular weight excluding hydrogens is 624 g/mol. The number of aliphatic hydroxyl groups is 1. The summed E-state index contributed by atoms with van der Waals surface area (Å²) in [5.74, 6) is 0.214. The van der Waals surface area contributed by atoms with Crippen molar-refractivity contribution in [2.24, 2.45) is 0 Å². The van der Waals surface area contributed by atoms with Crippen LogP contribution in [0.15, 0.2) is 97.3 Å². The van der Waals surface area contributed by atoms with Gasteiger partial charge in [-0.1, -0.05) is 66.7 Å². The summed E-state index contributed by atoms with van der Waals surface area (Å²) in [6, 6.07) is 25.0. The van der Waals surface area contributed by atoms with Crippen LogP contribution < -0.4 is 15.5 Å². The molecule has 0 saturated carbocycles. The molecule has 256 valence electrons. The number of hydrogen-bond donors (Lipinski definition) is 3. The molecule has 6 rings (SSSR count). The van der Waals surface area contributed by atoms with Gasteiger partial charge in [-0.05, 0) is 34.9 Å². The second-order valence-corrected chi connectivity index (χ2v) is 12.2. The number of methoxy groups -OCH3 is 1. The lowest BCUT2D eigenvalue weighted by atomic mass is 9.99. The number of esters is 1. The number of nitrogens with one attached hydrogen (secondary N) is 2. The van der Waals surface area contributed by atoms with Gasteiger partial charge in [-0.2, -0.15) is 0 Å². The number of carbonyl (C=O) groups is 2.